The van der Waals surface area contributed by atoms with E-state index in [0.717, 1.165) is 27.6 Å². The fourth-order valence-corrected chi connectivity index (χ4v) is 5.87. The zero-order valence-corrected chi connectivity index (χ0v) is 13.9. The zero-order valence-electron chi connectivity index (χ0n) is 9.08. The third-order valence-electron chi connectivity index (χ3n) is 2.83. The Morgan fingerprint density at radius 1 is 1.47 bits per heavy atom. The maximum absolute atomic E-state index is 11.6. The zero-order chi connectivity index (χ0) is 12.5. The third-order valence-corrected chi connectivity index (χ3v) is 8.36. The van der Waals surface area contributed by atoms with Crippen LogP contribution in [0.15, 0.2) is 14.3 Å². The van der Waals surface area contributed by atoms with Gasteiger partial charge in [0.25, 0.3) is 0 Å². The summed E-state index contributed by atoms with van der Waals surface area (Å²) in [5.41, 5.74) is 0. The lowest BCUT2D eigenvalue weighted by Crippen LogP contribution is -2.29. The highest BCUT2D eigenvalue weighted by atomic mass is 79.9. The highest BCUT2D eigenvalue weighted by Crippen LogP contribution is 2.32. The lowest BCUT2D eigenvalue weighted by Gasteiger charge is -2.09. The van der Waals surface area contributed by atoms with Crippen molar-refractivity contribution in [3.05, 3.63) is 19.2 Å². The Balaban J connectivity index is 1.84. The van der Waals surface area contributed by atoms with Gasteiger partial charge in [-0.1, -0.05) is 0 Å². The van der Waals surface area contributed by atoms with Crippen LogP contribution < -0.4 is 5.32 Å². The van der Waals surface area contributed by atoms with E-state index in [2.05, 4.69) is 37.2 Å². The van der Waals surface area contributed by atoms with Crippen LogP contribution in [0.1, 0.15) is 17.7 Å². The molecule has 1 aromatic heterocycles. The third kappa shape index (κ3) is 3.53. The summed E-state index contributed by atoms with van der Waals surface area (Å²) in [5.74, 6) is 0.357. The van der Waals surface area contributed by atoms with Crippen LogP contribution >= 0.6 is 43.2 Å². The van der Waals surface area contributed by atoms with Gasteiger partial charge in [0.1, 0.15) is 0 Å². The summed E-state index contributed by atoms with van der Waals surface area (Å²) in [5, 5.41) is 3.04. The first-order chi connectivity index (χ1) is 7.99. The van der Waals surface area contributed by atoms with Crippen molar-refractivity contribution >= 4 is 53.0 Å². The molecule has 0 amide bonds. The van der Waals surface area contributed by atoms with Gasteiger partial charge in [0.05, 0.1) is 14.8 Å². The molecule has 2 rings (SSSR count). The fourth-order valence-electron chi connectivity index (χ4n) is 1.92. The van der Waals surface area contributed by atoms with E-state index in [0.29, 0.717) is 12.3 Å². The Morgan fingerprint density at radius 3 is 2.76 bits per heavy atom. The van der Waals surface area contributed by atoms with E-state index in [9.17, 15) is 8.42 Å². The number of hydrogen-bond donors (Lipinski definition) is 1. The van der Waals surface area contributed by atoms with Crippen LogP contribution in [0, 0.1) is 0 Å². The monoisotopic (exact) mass is 401 g/mol. The van der Waals surface area contributed by atoms with Crippen LogP contribution in [0.4, 0.5) is 0 Å². The summed E-state index contributed by atoms with van der Waals surface area (Å²) in [6.07, 6.45) is 1.61. The van der Waals surface area contributed by atoms with Crippen molar-refractivity contribution < 1.29 is 8.42 Å². The summed E-state index contributed by atoms with van der Waals surface area (Å²) in [6.45, 7) is 1.29. The highest BCUT2D eigenvalue weighted by molar-refractivity contribution is 9.13. The average molecular weight is 403 g/mol. The molecule has 1 aliphatic rings. The van der Waals surface area contributed by atoms with Crippen LogP contribution in [0.5, 0.6) is 0 Å². The van der Waals surface area contributed by atoms with E-state index in [1.807, 2.05) is 6.07 Å². The second kappa shape index (κ2) is 5.69. The van der Waals surface area contributed by atoms with E-state index < -0.39 is 9.84 Å². The molecule has 0 bridgehead atoms. The van der Waals surface area contributed by atoms with E-state index >= 15 is 0 Å². The topological polar surface area (TPSA) is 46.2 Å². The maximum atomic E-state index is 11.6. The Bertz CT molecular complexity index is 479. The van der Waals surface area contributed by atoms with Crippen LogP contribution in [0.25, 0.3) is 0 Å². The van der Waals surface area contributed by atoms with Crippen LogP contribution in [0.2, 0.25) is 0 Å². The minimum atomic E-state index is -2.82. The predicted octanol–water partition coefficient (Wildman–Crippen LogP) is 2.94. The van der Waals surface area contributed by atoms with Crippen molar-refractivity contribution in [2.75, 3.05) is 12.3 Å². The highest BCUT2D eigenvalue weighted by Gasteiger charge is 2.30. The molecule has 1 unspecified atom stereocenters. The van der Waals surface area contributed by atoms with Gasteiger partial charge in [-0.05, 0) is 50.8 Å². The largest absolute Gasteiger partial charge is 0.311 e. The SMILES string of the molecule is O=S1(=O)CCCC1CNCc1cc(Br)c(Br)s1. The molecule has 0 saturated carbocycles. The van der Waals surface area contributed by atoms with Crippen molar-refractivity contribution in [2.45, 2.75) is 24.6 Å². The Kier molecular flexibility index (Phi) is 4.68. The molecule has 2 heterocycles. The Hall–Kier alpha value is 0.570. The summed E-state index contributed by atoms with van der Waals surface area (Å²) < 4.78 is 25.3. The predicted molar refractivity (Wildman–Crippen MR) is 78.2 cm³/mol. The molecule has 1 saturated heterocycles. The Labute approximate surface area is 122 Å². The summed E-state index contributed by atoms with van der Waals surface area (Å²) in [4.78, 5) is 1.19. The molecule has 1 N–H and O–H groups in total. The van der Waals surface area contributed by atoms with Gasteiger partial charge < -0.3 is 5.32 Å². The Morgan fingerprint density at radius 2 is 2.24 bits per heavy atom. The van der Waals surface area contributed by atoms with E-state index in [1.165, 1.54) is 4.88 Å². The van der Waals surface area contributed by atoms with Crippen LogP contribution in [-0.4, -0.2) is 26.0 Å². The summed E-state index contributed by atoms with van der Waals surface area (Å²) >= 11 is 8.53. The van der Waals surface area contributed by atoms with Crippen molar-refractivity contribution in [2.24, 2.45) is 0 Å². The van der Waals surface area contributed by atoms with Gasteiger partial charge in [0, 0.05) is 22.4 Å². The maximum Gasteiger partial charge on any atom is 0.154 e. The molecule has 0 aliphatic carbocycles. The van der Waals surface area contributed by atoms with Gasteiger partial charge in [-0.2, -0.15) is 0 Å². The second-order valence-electron chi connectivity index (χ2n) is 4.10. The van der Waals surface area contributed by atoms with Crippen molar-refractivity contribution in [3.8, 4) is 0 Å². The molecule has 7 heteroatoms. The molecule has 1 atom stereocenters. The van der Waals surface area contributed by atoms with Gasteiger partial charge in [0.2, 0.25) is 0 Å². The lowest BCUT2D eigenvalue weighted by atomic mass is 10.2. The summed E-state index contributed by atoms with van der Waals surface area (Å²) in [6, 6.07) is 2.05. The number of halogens is 2. The molecular formula is C10H13Br2NO2S2. The van der Waals surface area contributed by atoms with E-state index in [4.69, 9.17) is 0 Å². The van der Waals surface area contributed by atoms with E-state index in [1.54, 1.807) is 11.3 Å². The first kappa shape index (κ1) is 14.0. The van der Waals surface area contributed by atoms with Gasteiger partial charge in [0.15, 0.2) is 9.84 Å². The van der Waals surface area contributed by atoms with Crippen molar-refractivity contribution in [1.29, 1.82) is 0 Å². The molecular weight excluding hydrogens is 390 g/mol. The van der Waals surface area contributed by atoms with Crippen LogP contribution in [-0.2, 0) is 16.4 Å². The molecule has 1 aliphatic heterocycles. The lowest BCUT2D eigenvalue weighted by molar-refractivity contribution is 0.575. The summed E-state index contributed by atoms with van der Waals surface area (Å²) in [7, 11) is -2.82. The van der Waals surface area contributed by atoms with Gasteiger partial charge >= 0.3 is 0 Å². The number of hydrogen-bond acceptors (Lipinski definition) is 4. The first-order valence-corrected chi connectivity index (χ1v) is 9.47. The quantitative estimate of drug-likeness (QED) is 0.841. The molecule has 3 nitrogen and oxygen atoms in total. The fraction of sp³-hybridized carbons (Fsp3) is 0.600. The smallest absolute Gasteiger partial charge is 0.154 e. The first-order valence-electron chi connectivity index (χ1n) is 5.35. The number of rotatable bonds is 4. The number of sulfone groups is 1. The molecule has 0 radical (unpaired) electrons. The number of nitrogens with one attached hydrogen (secondary N) is 1. The molecule has 1 fully saturated rings. The van der Waals surface area contributed by atoms with E-state index in [-0.39, 0.29) is 5.25 Å². The minimum Gasteiger partial charge on any atom is -0.311 e. The number of thiophene rings is 1. The molecule has 0 spiro atoms. The van der Waals surface area contributed by atoms with Crippen molar-refractivity contribution in [1.82, 2.24) is 5.32 Å². The molecule has 17 heavy (non-hydrogen) atoms. The van der Waals surface area contributed by atoms with Crippen LogP contribution in [0.3, 0.4) is 0 Å². The minimum absolute atomic E-state index is 0.186. The molecule has 96 valence electrons. The molecule has 0 aromatic carbocycles. The standard InChI is InChI=1S/C10H13Br2NO2S2/c11-9-4-7(16-10(9)12)5-13-6-8-2-1-3-17(8,14)15/h4,8,13H,1-3,5-6H2. The molecule has 1 aromatic rings. The van der Waals surface area contributed by atoms with Crippen molar-refractivity contribution in [3.63, 3.8) is 0 Å². The van der Waals surface area contributed by atoms with Gasteiger partial charge in [-0.3, -0.25) is 0 Å². The normalized spacial score (nSPS) is 23.1. The van der Waals surface area contributed by atoms with Gasteiger partial charge in [-0.15, -0.1) is 11.3 Å². The average Bonchev–Trinajstić information content (AvgIpc) is 2.72. The second-order valence-corrected chi connectivity index (χ2v) is 9.81. The van der Waals surface area contributed by atoms with Gasteiger partial charge in [-0.25, -0.2) is 8.42 Å².